The van der Waals surface area contributed by atoms with Crippen LogP contribution in [0.3, 0.4) is 0 Å². The molecule has 1 unspecified atom stereocenters. The third-order valence-electron chi connectivity index (χ3n) is 2.12. The molecule has 0 bridgehead atoms. The maximum atomic E-state index is 4.62. The summed E-state index contributed by atoms with van der Waals surface area (Å²) in [6.07, 6.45) is 3.42. The molecule has 13 heavy (non-hydrogen) atoms. The zero-order chi connectivity index (χ0) is 9.52. The predicted molar refractivity (Wildman–Crippen MR) is 50.3 cm³/mol. The highest BCUT2D eigenvalue weighted by Gasteiger charge is 1.99. The Morgan fingerprint density at radius 1 is 1.62 bits per heavy atom. The average molecular weight is 183 g/mol. The van der Waals surface area contributed by atoms with Crippen molar-refractivity contribution >= 4 is 0 Å². The van der Waals surface area contributed by atoms with Crippen LogP contribution in [0.25, 0.3) is 0 Å². The highest BCUT2D eigenvalue weighted by atomic mass is 16.5. The van der Waals surface area contributed by atoms with Crippen molar-refractivity contribution in [2.45, 2.75) is 26.7 Å². The van der Waals surface area contributed by atoms with E-state index in [-0.39, 0.29) is 0 Å². The Morgan fingerprint density at radius 3 is 3.08 bits per heavy atom. The number of hydrogen-bond acceptors (Lipinski definition) is 4. The largest absolute Gasteiger partial charge is 0.343 e. The van der Waals surface area contributed by atoms with Crippen LogP contribution in [0.2, 0.25) is 0 Å². The maximum Gasteiger partial charge on any atom is 0.213 e. The van der Waals surface area contributed by atoms with E-state index in [1.54, 1.807) is 0 Å². The fourth-order valence-electron chi connectivity index (χ4n) is 0.996. The van der Waals surface area contributed by atoms with Crippen LogP contribution in [0.15, 0.2) is 10.9 Å². The molecule has 1 rings (SSSR count). The van der Waals surface area contributed by atoms with Gasteiger partial charge in [-0.15, -0.1) is 0 Å². The minimum atomic E-state index is 0.741. The van der Waals surface area contributed by atoms with E-state index in [0.717, 1.165) is 31.3 Å². The van der Waals surface area contributed by atoms with Crippen molar-refractivity contribution in [3.05, 3.63) is 12.2 Å². The molecule has 0 saturated heterocycles. The van der Waals surface area contributed by atoms with Crippen molar-refractivity contribution in [1.29, 1.82) is 0 Å². The molecule has 4 heteroatoms. The summed E-state index contributed by atoms with van der Waals surface area (Å²) in [6.45, 7) is 6.42. The van der Waals surface area contributed by atoms with Gasteiger partial charge in [0.15, 0.2) is 5.82 Å². The van der Waals surface area contributed by atoms with Gasteiger partial charge in [0.1, 0.15) is 0 Å². The van der Waals surface area contributed by atoms with Gasteiger partial charge in [-0.25, -0.2) is 0 Å². The lowest BCUT2D eigenvalue weighted by Crippen LogP contribution is -2.23. The molecule has 1 aromatic heterocycles. The Balaban J connectivity index is 2.02. The molecule has 0 fully saturated rings. The van der Waals surface area contributed by atoms with E-state index in [2.05, 4.69) is 33.8 Å². The van der Waals surface area contributed by atoms with E-state index < -0.39 is 0 Å². The first kappa shape index (κ1) is 10.2. The number of nitrogens with zero attached hydrogens (tertiary/aromatic N) is 2. The fraction of sp³-hybridized carbons (Fsp3) is 0.778. The van der Waals surface area contributed by atoms with Crippen molar-refractivity contribution in [1.82, 2.24) is 15.5 Å². The normalized spacial score (nSPS) is 13.1. The topological polar surface area (TPSA) is 51.0 Å². The molecule has 1 heterocycles. The summed E-state index contributed by atoms with van der Waals surface area (Å²) in [5.74, 6) is 1.52. The molecule has 0 aromatic carbocycles. The van der Waals surface area contributed by atoms with E-state index in [0.29, 0.717) is 0 Å². The van der Waals surface area contributed by atoms with Gasteiger partial charge in [-0.3, -0.25) is 0 Å². The lowest BCUT2D eigenvalue weighted by molar-refractivity contribution is 0.408. The quantitative estimate of drug-likeness (QED) is 0.674. The molecule has 0 radical (unpaired) electrons. The smallest absolute Gasteiger partial charge is 0.213 e. The summed E-state index contributed by atoms with van der Waals surface area (Å²) in [6, 6.07) is 0. The first-order valence-electron chi connectivity index (χ1n) is 4.79. The SMILES string of the molecule is CCC(C)CNCCc1ncon1. The Kier molecular flexibility index (Phi) is 4.46. The molecule has 74 valence electrons. The van der Waals surface area contributed by atoms with E-state index in [1.165, 1.54) is 12.8 Å². The summed E-state index contributed by atoms with van der Waals surface area (Å²) in [5.41, 5.74) is 0. The Morgan fingerprint density at radius 2 is 2.46 bits per heavy atom. The van der Waals surface area contributed by atoms with Crippen molar-refractivity contribution in [2.75, 3.05) is 13.1 Å². The predicted octanol–water partition coefficient (Wildman–Crippen LogP) is 1.25. The summed E-state index contributed by atoms with van der Waals surface area (Å²) in [4.78, 5) is 3.94. The van der Waals surface area contributed by atoms with Crippen molar-refractivity contribution < 1.29 is 4.52 Å². The second kappa shape index (κ2) is 5.70. The molecule has 0 spiro atoms. The first-order chi connectivity index (χ1) is 6.33. The van der Waals surface area contributed by atoms with Gasteiger partial charge < -0.3 is 9.84 Å². The minimum Gasteiger partial charge on any atom is -0.343 e. The van der Waals surface area contributed by atoms with Crippen LogP contribution in [0.1, 0.15) is 26.1 Å². The average Bonchev–Trinajstić information content (AvgIpc) is 2.64. The summed E-state index contributed by atoms with van der Waals surface area (Å²) in [5, 5.41) is 7.08. The van der Waals surface area contributed by atoms with Gasteiger partial charge in [0.2, 0.25) is 6.39 Å². The Bertz CT molecular complexity index is 211. The molecule has 4 nitrogen and oxygen atoms in total. The molecule has 1 aromatic rings. The molecule has 1 atom stereocenters. The standard InChI is InChI=1S/C9H17N3O/c1-3-8(2)6-10-5-4-9-11-7-13-12-9/h7-8,10H,3-6H2,1-2H3. The number of nitrogens with one attached hydrogen (secondary N) is 1. The van der Waals surface area contributed by atoms with Crippen LogP contribution in [-0.2, 0) is 6.42 Å². The monoisotopic (exact) mass is 183 g/mol. The molecular weight excluding hydrogens is 166 g/mol. The van der Waals surface area contributed by atoms with Crippen LogP contribution in [0, 0.1) is 5.92 Å². The third kappa shape index (κ3) is 4.03. The van der Waals surface area contributed by atoms with Gasteiger partial charge in [0.05, 0.1) is 0 Å². The van der Waals surface area contributed by atoms with Crippen LogP contribution >= 0.6 is 0 Å². The second-order valence-electron chi connectivity index (χ2n) is 3.31. The van der Waals surface area contributed by atoms with Gasteiger partial charge in [0.25, 0.3) is 0 Å². The number of rotatable bonds is 6. The van der Waals surface area contributed by atoms with Crippen LogP contribution in [0.5, 0.6) is 0 Å². The van der Waals surface area contributed by atoms with E-state index in [1.807, 2.05) is 0 Å². The van der Waals surface area contributed by atoms with Gasteiger partial charge in [-0.1, -0.05) is 25.4 Å². The fourth-order valence-corrected chi connectivity index (χ4v) is 0.996. The zero-order valence-electron chi connectivity index (χ0n) is 8.29. The molecule has 0 amide bonds. The highest BCUT2D eigenvalue weighted by Crippen LogP contribution is 1.97. The maximum absolute atomic E-state index is 4.62. The molecular formula is C9H17N3O. The number of aromatic nitrogens is 2. The summed E-state index contributed by atoms with van der Waals surface area (Å²) < 4.78 is 4.62. The minimum absolute atomic E-state index is 0.741. The molecule has 1 N–H and O–H groups in total. The molecule has 0 saturated carbocycles. The van der Waals surface area contributed by atoms with Crippen LogP contribution in [-0.4, -0.2) is 23.2 Å². The highest BCUT2D eigenvalue weighted by molar-refractivity contribution is 4.78. The third-order valence-corrected chi connectivity index (χ3v) is 2.12. The lowest BCUT2D eigenvalue weighted by Gasteiger charge is -2.08. The second-order valence-corrected chi connectivity index (χ2v) is 3.31. The summed E-state index contributed by atoms with van der Waals surface area (Å²) in [7, 11) is 0. The van der Waals surface area contributed by atoms with Crippen molar-refractivity contribution in [2.24, 2.45) is 5.92 Å². The zero-order valence-corrected chi connectivity index (χ0v) is 8.29. The first-order valence-corrected chi connectivity index (χ1v) is 4.79. The Labute approximate surface area is 78.7 Å². The Hall–Kier alpha value is -0.900. The van der Waals surface area contributed by atoms with Crippen LogP contribution < -0.4 is 5.32 Å². The van der Waals surface area contributed by atoms with E-state index >= 15 is 0 Å². The lowest BCUT2D eigenvalue weighted by atomic mass is 10.1. The molecule has 0 aliphatic rings. The van der Waals surface area contributed by atoms with Gasteiger partial charge in [-0.05, 0) is 12.5 Å². The molecule has 0 aliphatic carbocycles. The molecule has 0 aliphatic heterocycles. The van der Waals surface area contributed by atoms with Crippen LogP contribution in [0.4, 0.5) is 0 Å². The summed E-state index contributed by atoms with van der Waals surface area (Å²) >= 11 is 0. The van der Waals surface area contributed by atoms with Gasteiger partial charge in [0, 0.05) is 13.0 Å². The number of hydrogen-bond donors (Lipinski definition) is 1. The van der Waals surface area contributed by atoms with Crippen molar-refractivity contribution in [3.8, 4) is 0 Å². The van der Waals surface area contributed by atoms with Gasteiger partial charge >= 0.3 is 0 Å². The van der Waals surface area contributed by atoms with E-state index in [4.69, 9.17) is 0 Å². The van der Waals surface area contributed by atoms with E-state index in [9.17, 15) is 0 Å². The van der Waals surface area contributed by atoms with Crippen molar-refractivity contribution in [3.63, 3.8) is 0 Å². The van der Waals surface area contributed by atoms with Gasteiger partial charge in [-0.2, -0.15) is 4.98 Å².